The maximum Gasteiger partial charge on any atom is 0.349 e. The fourth-order valence-corrected chi connectivity index (χ4v) is 2.37. The second-order valence-electron chi connectivity index (χ2n) is 4.98. The van der Waals surface area contributed by atoms with Crippen LogP contribution in [0.4, 0.5) is 5.69 Å². The summed E-state index contributed by atoms with van der Waals surface area (Å²) in [5, 5.41) is 3.76. The van der Waals surface area contributed by atoms with Crippen molar-refractivity contribution >= 4 is 22.9 Å². The fraction of sp³-hybridized carbons (Fsp3) is 0.333. The Morgan fingerprint density at radius 2 is 2.00 bits per heavy atom. The Morgan fingerprint density at radius 1 is 1.29 bits per heavy atom. The zero-order valence-corrected chi connectivity index (χ0v) is 11.5. The average Bonchev–Trinajstić information content (AvgIpc) is 2.91. The van der Waals surface area contributed by atoms with E-state index in [-0.39, 0.29) is 5.56 Å². The van der Waals surface area contributed by atoms with E-state index >= 15 is 0 Å². The zero-order valence-electron chi connectivity index (χ0n) is 11.5. The van der Waals surface area contributed by atoms with Crippen LogP contribution in [0.3, 0.4) is 0 Å². The number of carbonyl (C=O) groups excluding carboxylic acids is 1. The van der Waals surface area contributed by atoms with E-state index in [1.165, 1.54) is 0 Å². The second kappa shape index (κ2) is 5.31. The first-order valence-corrected chi connectivity index (χ1v) is 6.66. The van der Waals surface area contributed by atoms with E-state index in [1.807, 2.05) is 6.07 Å². The van der Waals surface area contributed by atoms with Gasteiger partial charge in [-0.05, 0) is 19.1 Å². The number of para-hydroxylation sites is 1. The van der Waals surface area contributed by atoms with Crippen LogP contribution in [0.1, 0.15) is 17.3 Å². The first kappa shape index (κ1) is 13.8. The fourth-order valence-electron chi connectivity index (χ4n) is 2.37. The number of hydrogen-bond acceptors (Lipinski definition) is 6. The second-order valence-corrected chi connectivity index (χ2v) is 4.98. The van der Waals surface area contributed by atoms with Crippen LogP contribution in [0.5, 0.6) is 0 Å². The largest absolute Gasteiger partial charge is 0.422 e. The Bertz CT molecular complexity index is 730. The summed E-state index contributed by atoms with van der Waals surface area (Å²) in [5.41, 5.74) is 0.172. The molecule has 2 heterocycles. The summed E-state index contributed by atoms with van der Waals surface area (Å²) >= 11 is 0. The highest BCUT2D eigenvalue weighted by molar-refractivity contribution is 5.98. The molecule has 1 aromatic heterocycles. The van der Waals surface area contributed by atoms with Gasteiger partial charge in [0.1, 0.15) is 11.1 Å². The van der Waals surface area contributed by atoms with E-state index in [1.54, 1.807) is 25.1 Å². The molecule has 21 heavy (non-hydrogen) atoms. The number of carbonyl (C=O) groups is 1. The van der Waals surface area contributed by atoms with Crippen LogP contribution in [-0.2, 0) is 9.47 Å². The number of rotatable bonds is 4. The van der Waals surface area contributed by atoms with E-state index in [2.05, 4.69) is 5.32 Å². The Balaban J connectivity index is 2.03. The van der Waals surface area contributed by atoms with Gasteiger partial charge in [0.25, 0.3) is 0 Å². The van der Waals surface area contributed by atoms with Crippen molar-refractivity contribution in [2.75, 3.05) is 25.1 Å². The molecule has 0 aliphatic carbocycles. The molecule has 1 fully saturated rings. The minimum Gasteiger partial charge on any atom is -0.422 e. The van der Waals surface area contributed by atoms with Crippen LogP contribution >= 0.6 is 0 Å². The lowest BCUT2D eigenvalue weighted by Gasteiger charge is -2.23. The van der Waals surface area contributed by atoms with Crippen molar-refractivity contribution in [2.24, 2.45) is 0 Å². The molecule has 2 aromatic rings. The molecule has 1 aliphatic heterocycles. The molecule has 110 valence electrons. The van der Waals surface area contributed by atoms with Gasteiger partial charge >= 0.3 is 5.63 Å². The van der Waals surface area contributed by atoms with Gasteiger partial charge in [0, 0.05) is 5.39 Å². The van der Waals surface area contributed by atoms with Crippen molar-refractivity contribution < 1.29 is 18.7 Å². The van der Waals surface area contributed by atoms with Crippen molar-refractivity contribution in [1.82, 2.24) is 0 Å². The quantitative estimate of drug-likeness (QED) is 0.683. The van der Waals surface area contributed by atoms with Crippen LogP contribution < -0.4 is 10.9 Å². The standard InChI is InChI=1S/C15H15NO5/c1-15(19-6-7-20-15)9-16-13-10-4-2-3-5-12(10)21-14(18)11(13)8-17/h2-5,8,16H,6-7,9H2,1H3. The molecule has 0 amide bonds. The summed E-state index contributed by atoms with van der Waals surface area (Å²) < 4.78 is 16.1. The number of anilines is 1. The van der Waals surface area contributed by atoms with Gasteiger partial charge in [-0.3, -0.25) is 4.79 Å². The molecule has 1 N–H and O–H groups in total. The van der Waals surface area contributed by atoms with Crippen LogP contribution in [0.25, 0.3) is 11.0 Å². The molecular weight excluding hydrogens is 274 g/mol. The molecule has 0 atom stereocenters. The number of fused-ring (bicyclic) bond motifs is 1. The smallest absolute Gasteiger partial charge is 0.349 e. The van der Waals surface area contributed by atoms with Crippen molar-refractivity contribution in [1.29, 1.82) is 0 Å². The van der Waals surface area contributed by atoms with Crippen LogP contribution in [-0.4, -0.2) is 31.8 Å². The zero-order chi connectivity index (χ0) is 14.9. The van der Waals surface area contributed by atoms with Gasteiger partial charge in [0.2, 0.25) is 0 Å². The van der Waals surface area contributed by atoms with Gasteiger partial charge in [-0.2, -0.15) is 0 Å². The summed E-state index contributed by atoms with van der Waals surface area (Å²) in [5.74, 6) is -0.767. The minimum absolute atomic E-state index is 0.0321. The summed E-state index contributed by atoms with van der Waals surface area (Å²) in [6.45, 7) is 3.18. The third kappa shape index (κ3) is 2.55. The molecular formula is C15H15NO5. The third-order valence-electron chi connectivity index (χ3n) is 3.45. The molecule has 6 nitrogen and oxygen atoms in total. The van der Waals surface area contributed by atoms with Gasteiger partial charge in [-0.15, -0.1) is 0 Å². The summed E-state index contributed by atoms with van der Waals surface area (Å²) in [6, 6.07) is 7.04. The van der Waals surface area contributed by atoms with Crippen molar-refractivity contribution in [3.63, 3.8) is 0 Å². The molecule has 1 aromatic carbocycles. The van der Waals surface area contributed by atoms with Gasteiger partial charge in [0.15, 0.2) is 12.1 Å². The Labute approximate surface area is 120 Å². The highest BCUT2D eigenvalue weighted by atomic mass is 16.7. The Hall–Kier alpha value is -2.18. The minimum atomic E-state index is -0.767. The monoisotopic (exact) mass is 289 g/mol. The molecule has 0 spiro atoms. The normalized spacial score (nSPS) is 17.0. The maximum atomic E-state index is 11.9. The summed E-state index contributed by atoms with van der Waals surface area (Å²) in [7, 11) is 0. The Kier molecular flexibility index (Phi) is 3.48. The molecule has 0 unspecified atom stereocenters. The lowest BCUT2D eigenvalue weighted by Crippen LogP contribution is -2.35. The highest BCUT2D eigenvalue weighted by Gasteiger charge is 2.31. The molecule has 0 saturated carbocycles. The SMILES string of the molecule is CC1(CNc2c(C=O)c(=O)oc3ccccc23)OCCO1. The van der Waals surface area contributed by atoms with Gasteiger partial charge in [-0.25, -0.2) is 4.79 Å². The van der Waals surface area contributed by atoms with E-state index in [0.717, 1.165) is 0 Å². The number of aldehydes is 1. The van der Waals surface area contributed by atoms with Crippen molar-refractivity contribution in [2.45, 2.75) is 12.7 Å². The van der Waals surface area contributed by atoms with Gasteiger partial charge < -0.3 is 19.2 Å². The first-order valence-electron chi connectivity index (χ1n) is 6.66. The summed E-state index contributed by atoms with van der Waals surface area (Å²) in [6.07, 6.45) is 0.499. The number of benzene rings is 1. The van der Waals surface area contributed by atoms with Crippen LogP contribution in [0.15, 0.2) is 33.5 Å². The van der Waals surface area contributed by atoms with Crippen molar-refractivity contribution in [3.8, 4) is 0 Å². The molecule has 3 rings (SSSR count). The van der Waals surface area contributed by atoms with Gasteiger partial charge in [-0.1, -0.05) is 12.1 Å². The van der Waals surface area contributed by atoms with Crippen LogP contribution in [0, 0.1) is 0 Å². The average molecular weight is 289 g/mol. The van der Waals surface area contributed by atoms with E-state index in [0.29, 0.717) is 42.7 Å². The highest BCUT2D eigenvalue weighted by Crippen LogP contribution is 2.26. The van der Waals surface area contributed by atoms with E-state index < -0.39 is 11.4 Å². The molecule has 1 aliphatic rings. The van der Waals surface area contributed by atoms with E-state index in [9.17, 15) is 9.59 Å². The van der Waals surface area contributed by atoms with Crippen molar-refractivity contribution in [3.05, 3.63) is 40.2 Å². The number of hydrogen-bond donors (Lipinski definition) is 1. The Morgan fingerprint density at radius 3 is 2.71 bits per heavy atom. The van der Waals surface area contributed by atoms with Crippen LogP contribution in [0.2, 0.25) is 0 Å². The molecule has 0 radical (unpaired) electrons. The predicted octanol–water partition coefficient (Wildman–Crippen LogP) is 1.78. The number of nitrogens with one attached hydrogen (secondary N) is 1. The maximum absolute atomic E-state index is 11.9. The summed E-state index contributed by atoms with van der Waals surface area (Å²) in [4.78, 5) is 23.1. The predicted molar refractivity (Wildman–Crippen MR) is 76.7 cm³/mol. The molecule has 1 saturated heterocycles. The van der Waals surface area contributed by atoms with Gasteiger partial charge in [0.05, 0.1) is 25.4 Å². The lowest BCUT2D eigenvalue weighted by molar-refractivity contribution is -0.129. The number of ether oxygens (including phenoxy) is 2. The first-order chi connectivity index (χ1) is 10.1. The third-order valence-corrected chi connectivity index (χ3v) is 3.45. The topological polar surface area (TPSA) is 77.8 Å². The lowest BCUT2D eigenvalue weighted by atomic mass is 10.1. The van der Waals surface area contributed by atoms with E-state index in [4.69, 9.17) is 13.9 Å². The molecule has 6 heteroatoms. The molecule has 0 bridgehead atoms.